The predicted octanol–water partition coefficient (Wildman–Crippen LogP) is 2.00. The van der Waals surface area contributed by atoms with Crippen molar-refractivity contribution >= 4 is 23.6 Å². The highest BCUT2D eigenvalue weighted by atomic mass is 16.7. The third-order valence-electron chi connectivity index (χ3n) is 5.55. The normalized spacial score (nSPS) is 13.8. The average molecular weight is 536 g/mol. The molecule has 0 saturated carbocycles. The Bertz CT molecular complexity index is 832. The lowest BCUT2D eigenvalue weighted by atomic mass is 10.1. The molecule has 1 aliphatic heterocycles. The summed E-state index contributed by atoms with van der Waals surface area (Å²) in [7, 11) is 0. The molecule has 4 N–H and O–H groups in total. The zero-order valence-corrected chi connectivity index (χ0v) is 22.2. The lowest BCUT2D eigenvalue weighted by Gasteiger charge is -2.27. The maximum Gasteiger partial charge on any atom is 0.414 e. The highest BCUT2D eigenvalue weighted by Crippen LogP contribution is 2.07. The summed E-state index contributed by atoms with van der Waals surface area (Å²) >= 11 is 0. The van der Waals surface area contributed by atoms with Gasteiger partial charge in [-0.25, -0.2) is 9.59 Å². The molecule has 13 heteroatoms. The zero-order chi connectivity index (χ0) is 27.8. The number of morpholine rings is 1. The van der Waals surface area contributed by atoms with Gasteiger partial charge in [-0.2, -0.15) is 10.3 Å². The van der Waals surface area contributed by atoms with Gasteiger partial charge in [-0.3, -0.25) is 14.7 Å². The first-order valence-electron chi connectivity index (χ1n) is 13.0. The third-order valence-corrected chi connectivity index (χ3v) is 5.55. The van der Waals surface area contributed by atoms with E-state index in [1.165, 1.54) is 25.7 Å². The number of carbonyl (C=O) groups is 2. The molecule has 13 nitrogen and oxygen atoms in total. The number of aromatic nitrogens is 1. The number of pyridine rings is 1. The first kappa shape index (κ1) is 32.7. The molecule has 0 aromatic carbocycles. The summed E-state index contributed by atoms with van der Waals surface area (Å²) in [5.41, 5.74) is 0.854. The van der Waals surface area contributed by atoms with Crippen LogP contribution in [0.2, 0.25) is 0 Å². The summed E-state index contributed by atoms with van der Waals surface area (Å²) in [6.45, 7) is 10.3. The fourth-order valence-electron chi connectivity index (χ4n) is 3.50. The first-order chi connectivity index (χ1) is 18.5. The number of nitrogens with one attached hydrogen (secondary N) is 2. The number of hydrogen-bond acceptors (Lipinski definition) is 9. The molecule has 1 aromatic heterocycles. The highest BCUT2D eigenvalue weighted by Gasteiger charge is 2.11. The van der Waals surface area contributed by atoms with Gasteiger partial charge < -0.3 is 25.6 Å². The monoisotopic (exact) mass is 535 g/mol. The van der Waals surface area contributed by atoms with E-state index in [0.29, 0.717) is 5.96 Å². The minimum atomic E-state index is -1.82. The Morgan fingerprint density at radius 3 is 2.37 bits per heavy atom. The van der Waals surface area contributed by atoms with E-state index in [1.54, 1.807) is 12.4 Å². The molecule has 1 aliphatic rings. The smallest absolute Gasteiger partial charge is 0.414 e. The Kier molecular flexibility index (Phi) is 18.7. The number of unbranched alkanes of at least 4 members (excludes halogenated alkanes) is 5. The van der Waals surface area contributed by atoms with Crippen LogP contribution in [-0.2, 0) is 19.2 Å². The van der Waals surface area contributed by atoms with E-state index in [2.05, 4.69) is 37.5 Å². The van der Waals surface area contributed by atoms with Crippen molar-refractivity contribution in [3.05, 3.63) is 24.5 Å². The first-order valence-corrected chi connectivity index (χ1v) is 13.0. The van der Waals surface area contributed by atoms with Gasteiger partial charge >= 0.3 is 11.9 Å². The van der Waals surface area contributed by atoms with Crippen molar-refractivity contribution in [3.8, 4) is 6.19 Å². The Balaban J connectivity index is 0.00000107. The van der Waals surface area contributed by atoms with Crippen molar-refractivity contribution in [1.29, 1.82) is 5.26 Å². The summed E-state index contributed by atoms with van der Waals surface area (Å²) < 4.78 is 5.38. The Morgan fingerprint density at radius 1 is 1.13 bits per heavy atom. The van der Waals surface area contributed by atoms with Gasteiger partial charge in [0, 0.05) is 57.3 Å². The number of guanidine groups is 1. The molecule has 38 heavy (non-hydrogen) atoms. The number of hydrogen-bond donors (Lipinski definition) is 4. The fourth-order valence-corrected chi connectivity index (χ4v) is 3.50. The van der Waals surface area contributed by atoms with Crippen molar-refractivity contribution in [3.63, 3.8) is 0 Å². The molecule has 2 rings (SSSR count). The van der Waals surface area contributed by atoms with Gasteiger partial charge in [-0.05, 0) is 25.0 Å². The maximum absolute atomic E-state index is 9.10. The Labute approximate surface area is 224 Å². The number of rotatable bonds is 15. The van der Waals surface area contributed by atoms with Crippen molar-refractivity contribution < 1.29 is 29.4 Å². The number of anilines is 1. The summed E-state index contributed by atoms with van der Waals surface area (Å²) in [6, 6.07) is 3.67. The number of ether oxygens (including phenoxy) is 1. The number of nitriles is 1. The summed E-state index contributed by atoms with van der Waals surface area (Å²) in [5, 5.41) is 32.0. The average Bonchev–Trinajstić information content (AvgIpc) is 2.92. The van der Waals surface area contributed by atoms with Crippen molar-refractivity contribution in [2.45, 2.75) is 45.4 Å². The molecule has 2 heterocycles. The van der Waals surface area contributed by atoms with Crippen molar-refractivity contribution in [2.75, 3.05) is 64.4 Å². The van der Waals surface area contributed by atoms with Gasteiger partial charge in [0.1, 0.15) is 0 Å². The molecule has 0 bridgehead atoms. The molecule has 212 valence electrons. The minimum absolute atomic E-state index is 0.479. The fraction of sp³-hybridized carbons (Fsp3) is 0.640. The second-order valence-electron chi connectivity index (χ2n) is 8.39. The topological polar surface area (TPSA) is 173 Å². The highest BCUT2D eigenvalue weighted by molar-refractivity contribution is 6.27. The molecule has 1 saturated heterocycles. The largest absolute Gasteiger partial charge is 0.473 e. The molecule has 0 spiro atoms. The minimum Gasteiger partial charge on any atom is -0.473 e. The van der Waals surface area contributed by atoms with E-state index in [1.807, 2.05) is 18.3 Å². The van der Waals surface area contributed by atoms with Crippen LogP contribution < -0.4 is 10.6 Å². The third kappa shape index (κ3) is 17.2. The van der Waals surface area contributed by atoms with Gasteiger partial charge in [0.15, 0.2) is 0 Å². The van der Waals surface area contributed by atoms with Crippen molar-refractivity contribution in [1.82, 2.24) is 20.3 Å². The SMILES string of the molecule is CCN(CCCCCCCCN/C(=N\C#N)Nc1ccncc1)OCCN1CCOCC1.O=C(O)C(=O)O. The van der Waals surface area contributed by atoms with Crippen LogP contribution in [0.4, 0.5) is 5.69 Å². The number of nitrogens with zero attached hydrogens (tertiary/aromatic N) is 5. The van der Waals surface area contributed by atoms with Crippen LogP contribution in [0.5, 0.6) is 0 Å². The molecular weight excluding hydrogens is 494 g/mol. The number of carboxylic acids is 2. The number of carboxylic acid groups (broad SMARTS) is 2. The van der Waals surface area contributed by atoms with E-state index in [0.717, 1.165) is 77.6 Å². The van der Waals surface area contributed by atoms with E-state index in [-0.39, 0.29) is 0 Å². The number of aliphatic imine (C=N–C) groups is 1. The Morgan fingerprint density at radius 2 is 1.76 bits per heavy atom. The van der Waals surface area contributed by atoms with Crippen LogP contribution >= 0.6 is 0 Å². The second kappa shape index (κ2) is 21.7. The summed E-state index contributed by atoms with van der Waals surface area (Å²) in [6.07, 6.45) is 12.3. The summed E-state index contributed by atoms with van der Waals surface area (Å²) in [4.78, 5) is 34.3. The molecule has 1 aromatic rings. The molecule has 0 aliphatic carbocycles. The quantitative estimate of drug-likeness (QED) is 0.0643. The Hall–Kier alpha value is -3.31. The number of hydroxylamine groups is 2. The van der Waals surface area contributed by atoms with Crippen LogP contribution in [-0.4, -0.2) is 102 Å². The van der Waals surface area contributed by atoms with E-state index < -0.39 is 11.9 Å². The van der Waals surface area contributed by atoms with Gasteiger partial charge in [0.25, 0.3) is 0 Å². The predicted molar refractivity (Wildman–Crippen MR) is 142 cm³/mol. The standard InChI is InChI=1S/C23H39N7O2.C2H2O4/c1-2-30(32-20-17-29-15-18-31-19-16-29)14-8-6-4-3-5-7-11-26-23(27-21-24)28-22-9-12-25-13-10-22;3-1(4)2(5)6/h9-10,12-13H,2-8,11,14-20H2,1H3,(H2,25,26,27,28);(H,3,4)(H,5,6). The molecule has 0 unspecified atom stereocenters. The van der Waals surface area contributed by atoms with Crippen molar-refractivity contribution in [2.24, 2.45) is 4.99 Å². The van der Waals surface area contributed by atoms with Gasteiger partial charge in [-0.15, -0.1) is 4.99 Å². The molecule has 0 atom stereocenters. The van der Waals surface area contributed by atoms with Gasteiger partial charge in [0.2, 0.25) is 12.2 Å². The van der Waals surface area contributed by atoms with E-state index in [4.69, 9.17) is 34.6 Å². The van der Waals surface area contributed by atoms with Crippen LogP contribution in [0.25, 0.3) is 0 Å². The van der Waals surface area contributed by atoms with Crippen LogP contribution in [0.15, 0.2) is 29.5 Å². The maximum atomic E-state index is 9.10. The zero-order valence-electron chi connectivity index (χ0n) is 22.2. The second-order valence-corrected chi connectivity index (χ2v) is 8.39. The molecule has 1 fully saturated rings. The van der Waals surface area contributed by atoms with E-state index >= 15 is 0 Å². The van der Waals surface area contributed by atoms with Gasteiger partial charge in [-0.1, -0.05) is 32.6 Å². The lowest BCUT2D eigenvalue weighted by Crippen LogP contribution is -2.39. The van der Waals surface area contributed by atoms with E-state index in [9.17, 15) is 0 Å². The number of aliphatic carboxylic acids is 2. The van der Waals surface area contributed by atoms with Crippen LogP contribution in [0.1, 0.15) is 45.4 Å². The van der Waals surface area contributed by atoms with Crippen LogP contribution in [0, 0.1) is 11.5 Å². The van der Waals surface area contributed by atoms with Gasteiger partial charge in [0.05, 0.1) is 19.8 Å². The lowest BCUT2D eigenvalue weighted by molar-refractivity contribution is -0.161. The molecule has 0 radical (unpaired) electrons. The van der Waals surface area contributed by atoms with Crippen LogP contribution in [0.3, 0.4) is 0 Å². The summed E-state index contributed by atoms with van der Waals surface area (Å²) in [5.74, 6) is -3.17. The molecule has 0 amide bonds. The molecular formula is C25H41N7O6.